The van der Waals surface area contributed by atoms with Gasteiger partial charge in [0.15, 0.2) is 0 Å². The summed E-state index contributed by atoms with van der Waals surface area (Å²) in [6.45, 7) is 0.803. The zero-order valence-electron chi connectivity index (χ0n) is 14.4. The lowest BCUT2D eigenvalue weighted by atomic mass is 10.1. The number of alkyl halides is 2. The molecule has 0 spiro atoms. The van der Waals surface area contributed by atoms with E-state index in [4.69, 9.17) is 34.0 Å². The molecule has 1 aromatic carbocycles. The zero-order chi connectivity index (χ0) is 20.4. The average molecular weight is 423 g/mol. The van der Waals surface area contributed by atoms with Crippen molar-refractivity contribution in [1.82, 2.24) is 5.32 Å². The Bertz CT molecular complexity index is 672. The van der Waals surface area contributed by atoms with E-state index in [2.05, 4.69) is 10.6 Å². The van der Waals surface area contributed by atoms with Gasteiger partial charge in [-0.05, 0) is 24.6 Å². The van der Waals surface area contributed by atoms with Crippen molar-refractivity contribution >= 4 is 52.5 Å². The lowest BCUT2D eigenvalue weighted by Gasteiger charge is -2.23. The van der Waals surface area contributed by atoms with Crippen molar-refractivity contribution in [2.45, 2.75) is 18.9 Å². The number of aliphatic carboxylic acids is 1. The van der Waals surface area contributed by atoms with E-state index in [9.17, 15) is 18.8 Å². The number of carboxylic acids is 1. The molecule has 0 saturated heterocycles. The van der Waals surface area contributed by atoms with E-state index in [0.717, 1.165) is 6.07 Å². The highest BCUT2D eigenvalue weighted by atomic mass is 35.5. The summed E-state index contributed by atoms with van der Waals surface area (Å²) in [7, 11) is 0. The zero-order valence-corrected chi connectivity index (χ0v) is 15.9. The van der Waals surface area contributed by atoms with E-state index in [1.54, 1.807) is 4.90 Å². The number of carbonyl (C=O) groups excluding carboxylic acids is 2. The molecule has 27 heavy (non-hydrogen) atoms. The van der Waals surface area contributed by atoms with Crippen molar-refractivity contribution in [3.8, 4) is 0 Å². The third-order valence-corrected chi connectivity index (χ3v) is 3.88. The normalized spacial score (nSPS) is 11.5. The first-order chi connectivity index (χ1) is 12.8. The summed E-state index contributed by atoms with van der Waals surface area (Å²) in [5, 5.41) is 13.6. The maximum Gasteiger partial charge on any atom is 0.326 e. The molecule has 0 bridgehead atoms. The van der Waals surface area contributed by atoms with Crippen LogP contribution in [0.15, 0.2) is 18.2 Å². The van der Waals surface area contributed by atoms with Crippen molar-refractivity contribution in [1.29, 1.82) is 0 Å². The molecular formula is C16H21Cl2FN4O4. The largest absolute Gasteiger partial charge is 0.480 e. The molecule has 0 radical (unpaired) electrons. The van der Waals surface area contributed by atoms with Crippen LogP contribution in [-0.4, -0.2) is 53.9 Å². The smallest absolute Gasteiger partial charge is 0.326 e. The van der Waals surface area contributed by atoms with Crippen LogP contribution in [0.4, 0.5) is 20.6 Å². The minimum Gasteiger partial charge on any atom is -0.480 e. The fourth-order valence-electron chi connectivity index (χ4n) is 2.27. The second kappa shape index (κ2) is 11.5. The standard InChI is InChI=1S/C16H21Cl2FN4O4/c17-5-7-23(8-6-18)13-3-1-10(9-11(13)19)21-16(27)22-12(15(25)26)2-4-14(20)24/h1,3,9,12H,2,4-8H2,(H2,20,24)(H,25,26)(H2,21,22,27)/t12-/m0/s1. The molecule has 0 aliphatic heterocycles. The minimum atomic E-state index is -1.31. The number of amides is 3. The maximum absolute atomic E-state index is 14.4. The van der Waals surface area contributed by atoms with Crippen molar-refractivity contribution in [2.24, 2.45) is 5.73 Å². The van der Waals surface area contributed by atoms with Crippen LogP contribution in [0.1, 0.15) is 12.8 Å². The molecular weight excluding hydrogens is 402 g/mol. The summed E-state index contributed by atoms with van der Waals surface area (Å²) in [5.41, 5.74) is 5.38. The first kappa shape index (κ1) is 22.8. The number of primary amides is 1. The first-order valence-corrected chi connectivity index (χ1v) is 9.10. The molecule has 0 fully saturated rings. The van der Waals surface area contributed by atoms with Crippen molar-refractivity contribution < 1.29 is 23.9 Å². The number of carboxylic acid groups (broad SMARTS) is 1. The van der Waals surface area contributed by atoms with Crippen LogP contribution in [0.3, 0.4) is 0 Å². The van der Waals surface area contributed by atoms with Gasteiger partial charge in [-0.2, -0.15) is 0 Å². The Labute approximate surface area is 165 Å². The molecule has 0 aliphatic rings. The highest BCUT2D eigenvalue weighted by molar-refractivity contribution is 6.18. The van der Waals surface area contributed by atoms with E-state index in [0.29, 0.717) is 24.8 Å². The Hall–Kier alpha value is -2.26. The third-order valence-electron chi connectivity index (χ3n) is 3.54. The van der Waals surface area contributed by atoms with Gasteiger partial charge in [-0.3, -0.25) is 4.79 Å². The van der Waals surface area contributed by atoms with E-state index < -0.39 is 29.8 Å². The summed E-state index contributed by atoms with van der Waals surface area (Å²) < 4.78 is 14.4. The fraction of sp³-hybridized carbons (Fsp3) is 0.438. The van der Waals surface area contributed by atoms with E-state index >= 15 is 0 Å². The van der Waals surface area contributed by atoms with Gasteiger partial charge in [0.1, 0.15) is 11.9 Å². The van der Waals surface area contributed by atoms with Gasteiger partial charge in [0.05, 0.1) is 5.69 Å². The fourth-order valence-corrected chi connectivity index (χ4v) is 2.68. The molecule has 1 rings (SSSR count). The number of halogens is 3. The van der Waals surface area contributed by atoms with Crippen LogP contribution in [0.5, 0.6) is 0 Å². The summed E-state index contributed by atoms with van der Waals surface area (Å²) >= 11 is 11.4. The Morgan fingerprint density at radius 3 is 2.33 bits per heavy atom. The third kappa shape index (κ3) is 7.88. The van der Waals surface area contributed by atoms with Gasteiger partial charge in [0.25, 0.3) is 0 Å². The molecule has 0 heterocycles. The lowest BCUT2D eigenvalue weighted by molar-refractivity contribution is -0.139. The molecule has 0 aromatic heterocycles. The molecule has 5 N–H and O–H groups in total. The molecule has 150 valence electrons. The van der Waals surface area contributed by atoms with E-state index in [1.165, 1.54) is 12.1 Å². The lowest BCUT2D eigenvalue weighted by Crippen LogP contribution is -2.43. The number of rotatable bonds is 11. The first-order valence-electron chi connectivity index (χ1n) is 8.03. The van der Waals surface area contributed by atoms with Crippen LogP contribution in [0.2, 0.25) is 0 Å². The Kier molecular flexibility index (Phi) is 9.66. The van der Waals surface area contributed by atoms with Gasteiger partial charge < -0.3 is 26.4 Å². The molecule has 1 aromatic rings. The van der Waals surface area contributed by atoms with Gasteiger partial charge >= 0.3 is 12.0 Å². The molecule has 8 nitrogen and oxygen atoms in total. The average Bonchev–Trinajstić information content (AvgIpc) is 2.58. The van der Waals surface area contributed by atoms with Gasteiger partial charge in [0.2, 0.25) is 5.91 Å². The number of urea groups is 1. The molecule has 1 atom stereocenters. The number of benzene rings is 1. The Morgan fingerprint density at radius 2 is 1.85 bits per heavy atom. The summed E-state index contributed by atoms with van der Waals surface area (Å²) in [6, 6.07) is 1.88. The van der Waals surface area contributed by atoms with Gasteiger partial charge in [-0.1, -0.05) is 0 Å². The highest BCUT2D eigenvalue weighted by Crippen LogP contribution is 2.23. The highest BCUT2D eigenvalue weighted by Gasteiger charge is 2.21. The van der Waals surface area contributed by atoms with E-state index in [-0.39, 0.29) is 24.2 Å². The number of anilines is 2. The maximum atomic E-state index is 14.4. The molecule has 0 saturated carbocycles. The summed E-state index contributed by atoms with van der Waals surface area (Å²) in [5.74, 6) is -2.00. The topological polar surface area (TPSA) is 125 Å². The number of nitrogens with two attached hydrogens (primary N) is 1. The van der Waals surface area contributed by atoms with Crippen molar-refractivity contribution in [3.63, 3.8) is 0 Å². The van der Waals surface area contributed by atoms with Crippen LogP contribution < -0.4 is 21.3 Å². The number of hydrogen-bond acceptors (Lipinski definition) is 4. The molecule has 0 unspecified atom stereocenters. The van der Waals surface area contributed by atoms with Gasteiger partial charge in [-0.15, -0.1) is 23.2 Å². The Morgan fingerprint density at radius 1 is 1.22 bits per heavy atom. The monoisotopic (exact) mass is 422 g/mol. The van der Waals surface area contributed by atoms with Gasteiger partial charge in [0, 0.05) is 37.0 Å². The van der Waals surface area contributed by atoms with Crippen LogP contribution in [-0.2, 0) is 9.59 Å². The molecule has 0 aliphatic carbocycles. The molecule has 11 heteroatoms. The second-order valence-corrected chi connectivity index (χ2v) is 6.28. The number of nitrogens with zero attached hydrogens (tertiary/aromatic N) is 1. The predicted molar refractivity (Wildman–Crippen MR) is 102 cm³/mol. The quantitative estimate of drug-likeness (QED) is 0.405. The number of hydrogen-bond donors (Lipinski definition) is 4. The predicted octanol–water partition coefficient (Wildman–Crippen LogP) is 1.95. The number of carbonyl (C=O) groups is 3. The summed E-state index contributed by atoms with van der Waals surface area (Å²) in [4.78, 5) is 35.5. The number of nitrogens with one attached hydrogen (secondary N) is 2. The van der Waals surface area contributed by atoms with Crippen LogP contribution in [0, 0.1) is 5.82 Å². The minimum absolute atomic E-state index is 0.129. The Balaban J connectivity index is 2.77. The SMILES string of the molecule is NC(=O)CC[C@H](NC(=O)Nc1ccc(N(CCCl)CCCl)c(F)c1)C(=O)O. The van der Waals surface area contributed by atoms with Crippen LogP contribution >= 0.6 is 23.2 Å². The van der Waals surface area contributed by atoms with E-state index in [1.807, 2.05) is 0 Å². The van der Waals surface area contributed by atoms with Crippen LogP contribution in [0.25, 0.3) is 0 Å². The van der Waals surface area contributed by atoms with Crippen molar-refractivity contribution in [2.75, 3.05) is 35.1 Å². The molecule has 3 amide bonds. The van der Waals surface area contributed by atoms with Gasteiger partial charge in [-0.25, -0.2) is 14.0 Å². The van der Waals surface area contributed by atoms with Crippen molar-refractivity contribution in [3.05, 3.63) is 24.0 Å². The summed E-state index contributed by atoms with van der Waals surface area (Å²) in [6.07, 6.45) is -0.352. The second-order valence-electron chi connectivity index (χ2n) is 5.53.